The third-order valence-electron chi connectivity index (χ3n) is 3.97. The van der Waals surface area contributed by atoms with Gasteiger partial charge in [-0.3, -0.25) is 0 Å². The van der Waals surface area contributed by atoms with Crippen molar-refractivity contribution in [1.82, 2.24) is 0 Å². The SMILES string of the molecule is Cc1cc(C(=O)O)cc(C)c1C1CCC(F)(F)CC1. The summed E-state index contributed by atoms with van der Waals surface area (Å²) < 4.78 is 26.4. The van der Waals surface area contributed by atoms with E-state index in [1.165, 1.54) is 0 Å². The van der Waals surface area contributed by atoms with Crippen molar-refractivity contribution in [2.75, 3.05) is 0 Å². The highest BCUT2D eigenvalue weighted by atomic mass is 19.3. The van der Waals surface area contributed by atoms with Crippen molar-refractivity contribution in [2.24, 2.45) is 0 Å². The Hall–Kier alpha value is -1.45. The minimum Gasteiger partial charge on any atom is -0.478 e. The number of halogens is 2. The molecule has 19 heavy (non-hydrogen) atoms. The van der Waals surface area contributed by atoms with Gasteiger partial charge in [-0.25, -0.2) is 13.6 Å². The van der Waals surface area contributed by atoms with E-state index in [9.17, 15) is 13.6 Å². The summed E-state index contributed by atoms with van der Waals surface area (Å²) in [4.78, 5) is 11.0. The fourth-order valence-corrected chi connectivity index (χ4v) is 3.07. The molecule has 1 fully saturated rings. The number of aromatic carboxylic acids is 1. The number of rotatable bonds is 2. The zero-order valence-electron chi connectivity index (χ0n) is 11.2. The maximum atomic E-state index is 13.2. The van der Waals surface area contributed by atoms with Crippen LogP contribution < -0.4 is 0 Å². The number of alkyl halides is 2. The summed E-state index contributed by atoms with van der Waals surface area (Å²) in [7, 11) is 0. The molecule has 1 aliphatic carbocycles. The van der Waals surface area contributed by atoms with Gasteiger partial charge in [0.1, 0.15) is 0 Å². The zero-order valence-corrected chi connectivity index (χ0v) is 11.2. The third kappa shape index (κ3) is 2.94. The van der Waals surface area contributed by atoms with Crippen molar-refractivity contribution >= 4 is 5.97 Å². The summed E-state index contributed by atoms with van der Waals surface area (Å²) in [5.74, 6) is -3.35. The molecule has 0 heterocycles. The van der Waals surface area contributed by atoms with E-state index >= 15 is 0 Å². The fraction of sp³-hybridized carbons (Fsp3) is 0.533. The minimum atomic E-state index is -2.53. The monoisotopic (exact) mass is 268 g/mol. The van der Waals surface area contributed by atoms with Crippen LogP contribution in [0.2, 0.25) is 0 Å². The Balaban J connectivity index is 2.29. The molecule has 1 aromatic carbocycles. The molecule has 0 aromatic heterocycles. The van der Waals surface area contributed by atoms with Gasteiger partial charge in [0.15, 0.2) is 0 Å². The summed E-state index contributed by atoms with van der Waals surface area (Å²) in [6, 6.07) is 3.27. The number of hydrogen-bond donors (Lipinski definition) is 1. The lowest BCUT2D eigenvalue weighted by molar-refractivity contribution is -0.0383. The molecular weight excluding hydrogens is 250 g/mol. The van der Waals surface area contributed by atoms with Crippen molar-refractivity contribution in [3.8, 4) is 0 Å². The molecule has 0 aliphatic heterocycles. The predicted molar refractivity (Wildman–Crippen MR) is 69.0 cm³/mol. The highest BCUT2D eigenvalue weighted by Gasteiger charge is 2.36. The molecule has 4 heteroatoms. The molecule has 1 N–H and O–H groups in total. The van der Waals surface area contributed by atoms with Gasteiger partial charge in [0.25, 0.3) is 0 Å². The number of aryl methyl sites for hydroxylation is 2. The van der Waals surface area contributed by atoms with Crippen molar-refractivity contribution in [3.05, 3.63) is 34.4 Å². The van der Waals surface area contributed by atoms with Crippen LogP contribution in [0.5, 0.6) is 0 Å². The van der Waals surface area contributed by atoms with Gasteiger partial charge in [0, 0.05) is 12.8 Å². The van der Waals surface area contributed by atoms with Crippen LogP contribution in [-0.4, -0.2) is 17.0 Å². The van der Waals surface area contributed by atoms with E-state index < -0.39 is 11.9 Å². The standard InChI is InChI=1S/C15H18F2O2/c1-9-7-12(14(18)19)8-10(2)13(9)11-3-5-15(16,17)6-4-11/h7-8,11H,3-6H2,1-2H3,(H,18,19). The van der Waals surface area contributed by atoms with Crippen molar-refractivity contribution < 1.29 is 18.7 Å². The molecule has 1 saturated carbocycles. The van der Waals surface area contributed by atoms with Gasteiger partial charge < -0.3 is 5.11 Å². The lowest BCUT2D eigenvalue weighted by atomic mass is 9.78. The van der Waals surface area contributed by atoms with Crippen molar-refractivity contribution in [2.45, 2.75) is 51.4 Å². The molecule has 1 aromatic rings. The van der Waals surface area contributed by atoms with Gasteiger partial charge in [-0.15, -0.1) is 0 Å². The van der Waals surface area contributed by atoms with E-state index in [0.717, 1.165) is 16.7 Å². The average molecular weight is 268 g/mol. The number of hydrogen-bond acceptors (Lipinski definition) is 1. The van der Waals surface area contributed by atoms with Gasteiger partial charge in [-0.2, -0.15) is 0 Å². The molecule has 0 bridgehead atoms. The second-order valence-electron chi connectivity index (χ2n) is 5.46. The van der Waals surface area contributed by atoms with Gasteiger partial charge in [-0.05, 0) is 61.4 Å². The summed E-state index contributed by atoms with van der Waals surface area (Å²) >= 11 is 0. The lowest BCUT2D eigenvalue weighted by Crippen LogP contribution is -2.24. The highest BCUT2D eigenvalue weighted by Crippen LogP contribution is 2.42. The second-order valence-corrected chi connectivity index (χ2v) is 5.46. The van der Waals surface area contributed by atoms with Gasteiger partial charge in [-0.1, -0.05) is 0 Å². The van der Waals surface area contributed by atoms with Crippen LogP contribution in [0.1, 0.15) is 58.6 Å². The summed E-state index contributed by atoms with van der Waals surface area (Å²) in [6.45, 7) is 3.73. The Morgan fingerprint density at radius 3 is 2.11 bits per heavy atom. The first-order chi connectivity index (χ1) is 8.80. The molecule has 0 saturated heterocycles. The van der Waals surface area contributed by atoms with Crippen LogP contribution in [0, 0.1) is 13.8 Å². The summed E-state index contributed by atoms with van der Waals surface area (Å²) in [6.07, 6.45) is 0.802. The van der Waals surface area contributed by atoms with Crippen LogP contribution in [-0.2, 0) is 0 Å². The van der Waals surface area contributed by atoms with Gasteiger partial charge in [0.2, 0.25) is 5.92 Å². The molecular formula is C15H18F2O2. The molecule has 0 amide bonds. The summed E-state index contributed by atoms with van der Waals surface area (Å²) in [5, 5.41) is 9.00. The number of benzene rings is 1. The molecule has 0 atom stereocenters. The smallest absolute Gasteiger partial charge is 0.335 e. The molecule has 0 radical (unpaired) electrons. The van der Waals surface area contributed by atoms with Gasteiger partial charge >= 0.3 is 5.97 Å². The first kappa shape index (κ1) is 14.0. The Morgan fingerprint density at radius 2 is 1.68 bits per heavy atom. The largest absolute Gasteiger partial charge is 0.478 e. The van der Waals surface area contributed by atoms with Crippen molar-refractivity contribution in [1.29, 1.82) is 0 Å². The van der Waals surface area contributed by atoms with E-state index in [2.05, 4.69) is 0 Å². The lowest BCUT2D eigenvalue weighted by Gasteiger charge is -2.30. The average Bonchev–Trinajstić information content (AvgIpc) is 2.30. The fourth-order valence-electron chi connectivity index (χ4n) is 3.07. The molecule has 0 unspecified atom stereocenters. The van der Waals surface area contributed by atoms with Crippen LogP contribution in [0.3, 0.4) is 0 Å². The third-order valence-corrected chi connectivity index (χ3v) is 3.97. The Kier molecular flexibility index (Phi) is 3.61. The molecule has 104 valence electrons. The number of carbonyl (C=O) groups is 1. The highest BCUT2D eigenvalue weighted by molar-refractivity contribution is 5.88. The Bertz CT molecular complexity index is 476. The first-order valence-electron chi connectivity index (χ1n) is 6.52. The van der Waals surface area contributed by atoms with E-state index in [1.807, 2.05) is 13.8 Å². The maximum absolute atomic E-state index is 13.2. The second kappa shape index (κ2) is 4.91. The number of carboxylic acids is 1. The van der Waals surface area contributed by atoms with E-state index in [4.69, 9.17) is 5.11 Å². The van der Waals surface area contributed by atoms with Crippen molar-refractivity contribution in [3.63, 3.8) is 0 Å². The summed E-state index contributed by atoms with van der Waals surface area (Å²) in [5.41, 5.74) is 3.11. The molecule has 0 spiro atoms. The zero-order chi connectivity index (χ0) is 14.2. The molecule has 2 nitrogen and oxygen atoms in total. The number of carboxylic acid groups (broad SMARTS) is 1. The molecule has 2 rings (SSSR count). The van der Waals surface area contributed by atoms with Crippen LogP contribution >= 0.6 is 0 Å². The topological polar surface area (TPSA) is 37.3 Å². The van der Waals surface area contributed by atoms with E-state index in [1.54, 1.807) is 12.1 Å². The van der Waals surface area contributed by atoms with Gasteiger partial charge in [0.05, 0.1) is 5.56 Å². The Morgan fingerprint density at radius 1 is 1.21 bits per heavy atom. The van der Waals surface area contributed by atoms with E-state index in [-0.39, 0.29) is 24.3 Å². The van der Waals surface area contributed by atoms with E-state index in [0.29, 0.717) is 12.8 Å². The molecule has 1 aliphatic rings. The Labute approximate surface area is 111 Å². The quantitative estimate of drug-likeness (QED) is 0.868. The minimum absolute atomic E-state index is 0.0722. The van der Waals surface area contributed by atoms with Crippen LogP contribution in [0.15, 0.2) is 12.1 Å². The van der Waals surface area contributed by atoms with Crippen LogP contribution in [0.4, 0.5) is 8.78 Å². The van der Waals surface area contributed by atoms with Crippen LogP contribution in [0.25, 0.3) is 0 Å². The maximum Gasteiger partial charge on any atom is 0.335 e. The normalized spacial score (nSPS) is 19.4. The first-order valence-corrected chi connectivity index (χ1v) is 6.52. The predicted octanol–water partition coefficient (Wildman–Crippen LogP) is 4.29.